The summed E-state index contributed by atoms with van der Waals surface area (Å²) in [6.07, 6.45) is 3.63. The van der Waals surface area contributed by atoms with Gasteiger partial charge in [0.2, 0.25) is 5.91 Å². The molecule has 0 saturated carbocycles. The highest BCUT2D eigenvalue weighted by Crippen LogP contribution is 2.23. The lowest BCUT2D eigenvalue weighted by Gasteiger charge is -2.33. The lowest BCUT2D eigenvalue weighted by molar-refractivity contribution is -0.126. The van der Waals surface area contributed by atoms with Crippen molar-refractivity contribution in [3.8, 4) is 0 Å². The van der Waals surface area contributed by atoms with E-state index in [1.54, 1.807) is 15.8 Å². The van der Waals surface area contributed by atoms with Crippen LogP contribution in [0.3, 0.4) is 0 Å². The average Bonchev–Trinajstić information content (AvgIpc) is 3.20. The first-order valence-corrected chi connectivity index (χ1v) is 9.85. The first kappa shape index (κ1) is 18.7. The van der Waals surface area contributed by atoms with Crippen LogP contribution in [0, 0.1) is 12.8 Å². The second-order valence-corrected chi connectivity index (χ2v) is 7.64. The molecule has 1 saturated heterocycles. The third-order valence-corrected chi connectivity index (χ3v) is 5.55. The second-order valence-electron chi connectivity index (χ2n) is 7.64. The van der Waals surface area contributed by atoms with Gasteiger partial charge >= 0.3 is 0 Å². The summed E-state index contributed by atoms with van der Waals surface area (Å²) in [6, 6.07) is 8.92. The van der Waals surface area contributed by atoms with Gasteiger partial charge in [0, 0.05) is 31.5 Å². The molecule has 3 heterocycles. The molecule has 2 amide bonds. The van der Waals surface area contributed by atoms with Gasteiger partial charge in [0.25, 0.3) is 5.91 Å². The van der Waals surface area contributed by atoms with Crippen LogP contribution < -0.4 is 5.32 Å². The van der Waals surface area contributed by atoms with Gasteiger partial charge in [-0.1, -0.05) is 17.7 Å². The van der Waals surface area contributed by atoms with Crippen molar-refractivity contribution in [1.29, 1.82) is 0 Å². The number of aromatic nitrogens is 2. The van der Waals surface area contributed by atoms with Crippen molar-refractivity contribution in [1.82, 2.24) is 20.0 Å². The zero-order chi connectivity index (χ0) is 19.5. The molecule has 2 aliphatic rings. The van der Waals surface area contributed by atoms with Gasteiger partial charge in [-0.15, -0.1) is 0 Å². The van der Waals surface area contributed by atoms with Crippen LogP contribution in [0.5, 0.6) is 0 Å². The summed E-state index contributed by atoms with van der Waals surface area (Å²) in [5.41, 5.74) is 2.56. The number of hydrogen-bond donors (Lipinski definition) is 1. The second kappa shape index (κ2) is 8.14. The number of nitrogens with one attached hydrogen (secondary N) is 1. The molecule has 2 aliphatic heterocycles. The van der Waals surface area contributed by atoms with Crippen LogP contribution in [0.1, 0.15) is 40.5 Å². The molecule has 1 atom stereocenters. The van der Waals surface area contributed by atoms with Crippen molar-refractivity contribution in [2.24, 2.45) is 5.92 Å². The number of ether oxygens (including phenoxy) is 1. The number of carbonyl (C=O) groups excluding carboxylic acids is 2. The largest absolute Gasteiger partial charge is 0.381 e. The van der Waals surface area contributed by atoms with E-state index < -0.39 is 6.04 Å². The Morgan fingerprint density at radius 1 is 1.25 bits per heavy atom. The molecule has 0 aliphatic carbocycles. The number of amides is 2. The molecular weight excluding hydrogens is 356 g/mol. The minimum atomic E-state index is -0.507. The monoisotopic (exact) mass is 382 g/mol. The van der Waals surface area contributed by atoms with Crippen molar-refractivity contribution < 1.29 is 14.3 Å². The maximum Gasteiger partial charge on any atom is 0.254 e. The number of benzene rings is 1. The van der Waals surface area contributed by atoms with E-state index >= 15 is 0 Å². The molecule has 7 nitrogen and oxygen atoms in total. The highest BCUT2D eigenvalue weighted by Gasteiger charge is 2.33. The molecule has 1 N–H and O–H groups in total. The molecule has 7 heteroatoms. The van der Waals surface area contributed by atoms with Crippen LogP contribution >= 0.6 is 0 Å². The fourth-order valence-electron chi connectivity index (χ4n) is 3.92. The molecule has 4 rings (SSSR count). The fourth-order valence-corrected chi connectivity index (χ4v) is 3.92. The first-order valence-electron chi connectivity index (χ1n) is 9.85. The fraction of sp³-hybridized carbons (Fsp3) is 0.476. The molecule has 2 aromatic rings. The molecule has 1 aromatic heterocycles. The van der Waals surface area contributed by atoms with E-state index in [-0.39, 0.29) is 11.8 Å². The Labute approximate surface area is 164 Å². The number of carbonyl (C=O) groups is 2. The summed E-state index contributed by atoms with van der Waals surface area (Å²) in [4.78, 5) is 27.7. The van der Waals surface area contributed by atoms with Crippen molar-refractivity contribution >= 4 is 11.8 Å². The Morgan fingerprint density at radius 2 is 2.07 bits per heavy atom. The van der Waals surface area contributed by atoms with Crippen LogP contribution in [0.4, 0.5) is 0 Å². The lowest BCUT2D eigenvalue weighted by atomic mass is 10.0. The quantitative estimate of drug-likeness (QED) is 0.877. The Hall–Kier alpha value is -2.67. The van der Waals surface area contributed by atoms with E-state index in [1.165, 1.54) is 0 Å². The van der Waals surface area contributed by atoms with Crippen LogP contribution in [0.25, 0.3) is 0 Å². The standard InChI is InChI=1S/C21H26N4O3/c1-15-3-2-4-17(11-15)21(27)24-13-18-5-8-23-25(18)19(14-24)20(26)22-12-16-6-9-28-10-7-16/h2-5,8,11,16,19H,6-7,9-10,12-14H2,1H3,(H,22,26)/t19-/m1/s1. The Bertz CT molecular complexity index is 857. The molecule has 28 heavy (non-hydrogen) atoms. The number of nitrogens with zero attached hydrogens (tertiary/aromatic N) is 3. The van der Waals surface area contributed by atoms with Crippen molar-refractivity contribution in [3.05, 3.63) is 53.3 Å². The van der Waals surface area contributed by atoms with Crippen molar-refractivity contribution in [2.45, 2.75) is 32.4 Å². The molecule has 0 spiro atoms. The topological polar surface area (TPSA) is 76.5 Å². The van der Waals surface area contributed by atoms with Crippen LogP contribution in [0.2, 0.25) is 0 Å². The highest BCUT2D eigenvalue weighted by molar-refractivity contribution is 5.95. The van der Waals surface area contributed by atoms with Gasteiger partial charge in [0.1, 0.15) is 6.04 Å². The zero-order valence-electron chi connectivity index (χ0n) is 16.1. The normalized spacial score (nSPS) is 19.9. The smallest absolute Gasteiger partial charge is 0.254 e. The third-order valence-electron chi connectivity index (χ3n) is 5.55. The van der Waals surface area contributed by atoms with Crippen molar-refractivity contribution in [2.75, 3.05) is 26.3 Å². The van der Waals surface area contributed by atoms with E-state index in [0.29, 0.717) is 31.1 Å². The maximum absolute atomic E-state index is 13.0. The van der Waals surface area contributed by atoms with E-state index in [9.17, 15) is 9.59 Å². The summed E-state index contributed by atoms with van der Waals surface area (Å²) >= 11 is 0. The minimum absolute atomic E-state index is 0.0571. The van der Waals surface area contributed by atoms with Crippen LogP contribution in [0.15, 0.2) is 36.5 Å². The number of aryl methyl sites for hydroxylation is 1. The summed E-state index contributed by atoms with van der Waals surface area (Å²) in [7, 11) is 0. The van der Waals surface area contributed by atoms with Gasteiger partial charge in [-0.2, -0.15) is 5.10 Å². The number of hydrogen-bond acceptors (Lipinski definition) is 4. The molecule has 1 fully saturated rings. The summed E-state index contributed by atoms with van der Waals surface area (Å²) < 4.78 is 7.13. The van der Waals surface area contributed by atoms with Gasteiger partial charge in [-0.05, 0) is 43.9 Å². The van der Waals surface area contributed by atoms with Gasteiger partial charge in [0.15, 0.2) is 0 Å². The molecule has 0 unspecified atom stereocenters. The molecule has 148 valence electrons. The molecular formula is C21H26N4O3. The molecule has 0 radical (unpaired) electrons. The summed E-state index contributed by atoms with van der Waals surface area (Å²) in [5.74, 6) is 0.306. The van der Waals surface area contributed by atoms with Crippen LogP contribution in [-0.4, -0.2) is 52.8 Å². The summed E-state index contributed by atoms with van der Waals surface area (Å²) in [6.45, 7) is 4.89. The van der Waals surface area contributed by atoms with E-state index in [0.717, 1.165) is 37.3 Å². The SMILES string of the molecule is Cc1cccc(C(=O)N2Cc3ccnn3[C@@H](C(=O)NCC3CCOCC3)C2)c1. The van der Waals surface area contributed by atoms with E-state index in [1.807, 2.05) is 37.3 Å². The maximum atomic E-state index is 13.0. The van der Waals surface area contributed by atoms with E-state index in [2.05, 4.69) is 10.4 Å². The highest BCUT2D eigenvalue weighted by atomic mass is 16.5. The first-order chi connectivity index (χ1) is 13.6. The Morgan fingerprint density at radius 3 is 2.86 bits per heavy atom. The minimum Gasteiger partial charge on any atom is -0.381 e. The van der Waals surface area contributed by atoms with Crippen LogP contribution in [-0.2, 0) is 16.1 Å². The van der Waals surface area contributed by atoms with Gasteiger partial charge < -0.3 is 15.0 Å². The summed E-state index contributed by atoms with van der Waals surface area (Å²) in [5, 5.41) is 7.40. The molecule has 0 bridgehead atoms. The Kier molecular flexibility index (Phi) is 5.43. The zero-order valence-corrected chi connectivity index (χ0v) is 16.1. The van der Waals surface area contributed by atoms with Crippen molar-refractivity contribution in [3.63, 3.8) is 0 Å². The lowest BCUT2D eigenvalue weighted by Crippen LogP contribution is -2.47. The number of fused-ring (bicyclic) bond motifs is 1. The predicted octanol–water partition coefficient (Wildman–Crippen LogP) is 1.93. The van der Waals surface area contributed by atoms with Gasteiger partial charge in [-0.25, -0.2) is 0 Å². The average molecular weight is 382 g/mol. The molecule has 1 aromatic carbocycles. The third kappa shape index (κ3) is 3.94. The van der Waals surface area contributed by atoms with Gasteiger partial charge in [-0.3, -0.25) is 14.3 Å². The van der Waals surface area contributed by atoms with Gasteiger partial charge in [0.05, 0.1) is 18.8 Å². The predicted molar refractivity (Wildman–Crippen MR) is 104 cm³/mol. The number of rotatable bonds is 4. The van der Waals surface area contributed by atoms with E-state index in [4.69, 9.17) is 4.74 Å². The Balaban J connectivity index is 1.47.